The van der Waals surface area contributed by atoms with Crippen LogP contribution in [0.25, 0.3) is 11.4 Å². The van der Waals surface area contributed by atoms with Gasteiger partial charge in [0.15, 0.2) is 0 Å². The standard InChI is InChI=1S/C21H19F2N3O3/c1-2-28-18-5-3-14(4-6-18)20-24-21(29-25-20)15-9-19(27)26(12-15)11-13-7-16(22)10-17(23)8-13/h3-8,10,15H,2,9,11-12H2,1H3. The molecule has 0 aliphatic carbocycles. The lowest BCUT2D eigenvalue weighted by atomic mass is 10.1. The lowest BCUT2D eigenvalue weighted by molar-refractivity contribution is -0.128. The Morgan fingerprint density at radius 2 is 1.90 bits per heavy atom. The summed E-state index contributed by atoms with van der Waals surface area (Å²) < 4.78 is 37.6. The number of hydrogen-bond donors (Lipinski definition) is 0. The predicted octanol–water partition coefficient (Wildman–Crippen LogP) is 3.93. The molecular weight excluding hydrogens is 380 g/mol. The monoisotopic (exact) mass is 399 g/mol. The lowest BCUT2D eigenvalue weighted by Gasteiger charge is -2.16. The molecule has 0 N–H and O–H groups in total. The first-order chi connectivity index (χ1) is 14.0. The number of amides is 1. The Morgan fingerprint density at radius 1 is 1.17 bits per heavy atom. The molecule has 1 unspecified atom stereocenters. The van der Waals surface area contributed by atoms with Crippen LogP contribution >= 0.6 is 0 Å². The summed E-state index contributed by atoms with van der Waals surface area (Å²) in [7, 11) is 0. The number of carbonyl (C=O) groups excluding carboxylic acids is 1. The molecule has 1 saturated heterocycles. The van der Waals surface area contributed by atoms with Crippen LogP contribution in [0.15, 0.2) is 47.0 Å². The highest BCUT2D eigenvalue weighted by atomic mass is 19.1. The lowest BCUT2D eigenvalue weighted by Crippen LogP contribution is -2.24. The summed E-state index contributed by atoms with van der Waals surface area (Å²) in [5.41, 5.74) is 1.18. The van der Waals surface area contributed by atoms with E-state index < -0.39 is 11.6 Å². The highest BCUT2D eigenvalue weighted by Crippen LogP contribution is 2.30. The summed E-state index contributed by atoms with van der Waals surface area (Å²) in [4.78, 5) is 18.3. The molecule has 0 radical (unpaired) electrons. The number of hydrogen-bond acceptors (Lipinski definition) is 5. The second-order valence-corrected chi connectivity index (χ2v) is 6.87. The van der Waals surface area contributed by atoms with Gasteiger partial charge in [-0.05, 0) is 48.9 Å². The van der Waals surface area contributed by atoms with Crippen molar-refractivity contribution in [2.75, 3.05) is 13.2 Å². The predicted molar refractivity (Wildman–Crippen MR) is 100 cm³/mol. The summed E-state index contributed by atoms with van der Waals surface area (Å²) in [6.07, 6.45) is 0.211. The normalized spacial score (nSPS) is 16.4. The fraction of sp³-hybridized carbons (Fsp3) is 0.286. The third-order valence-corrected chi connectivity index (χ3v) is 4.72. The molecule has 2 aromatic carbocycles. The Bertz CT molecular complexity index is 1000. The van der Waals surface area contributed by atoms with Crippen molar-refractivity contribution in [2.24, 2.45) is 0 Å². The van der Waals surface area contributed by atoms with Gasteiger partial charge in [0.2, 0.25) is 17.6 Å². The maximum absolute atomic E-state index is 13.4. The van der Waals surface area contributed by atoms with Crippen molar-refractivity contribution in [3.05, 3.63) is 65.6 Å². The number of carbonyl (C=O) groups is 1. The van der Waals surface area contributed by atoms with E-state index in [1.165, 1.54) is 12.1 Å². The first kappa shape index (κ1) is 19.0. The van der Waals surface area contributed by atoms with E-state index in [-0.39, 0.29) is 24.8 Å². The van der Waals surface area contributed by atoms with Crippen molar-refractivity contribution >= 4 is 5.91 Å². The molecule has 1 aromatic heterocycles. The highest BCUT2D eigenvalue weighted by molar-refractivity contribution is 5.79. The number of likely N-dealkylation sites (tertiary alicyclic amines) is 1. The Morgan fingerprint density at radius 3 is 2.59 bits per heavy atom. The van der Waals surface area contributed by atoms with E-state index >= 15 is 0 Å². The minimum absolute atomic E-state index is 0.125. The van der Waals surface area contributed by atoms with E-state index in [2.05, 4.69) is 10.1 Å². The zero-order valence-electron chi connectivity index (χ0n) is 15.8. The smallest absolute Gasteiger partial charge is 0.232 e. The summed E-state index contributed by atoms with van der Waals surface area (Å²) in [5.74, 6) is -0.160. The molecule has 3 aromatic rings. The van der Waals surface area contributed by atoms with Crippen molar-refractivity contribution in [2.45, 2.75) is 25.8 Å². The molecule has 1 aliphatic heterocycles. The minimum atomic E-state index is -0.667. The Hall–Kier alpha value is -3.29. The zero-order valence-corrected chi connectivity index (χ0v) is 15.8. The van der Waals surface area contributed by atoms with Crippen LogP contribution < -0.4 is 4.74 Å². The minimum Gasteiger partial charge on any atom is -0.494 e. The molecule has 8 heteroatoms. The topological polar surface area (TPSA) is 68.5 Å². The second-order valence-electron chi connectivity index (χ2n) is 6.87. The molecule has 150 valence electrons. The van der Waals surface area contributed by atoms with Crippen molar-refractivity contribution in [1.29, 1.82) is 0 Å². The van der Waals surface area contributed by atoms with Gasteiger partial charge in [0.1, 0.15) is 17.4 Å². The summed E-state index contributed by atoms with van der Waals surface area (Å²) in [6.45, 7) is 2.97. The molecule has 0 spiro atoms. The molecule has 0 bridgehead atoms. The number of benzene rings is 2. The number of nitrogens with zero attached hydrogens (tertiary/aromatic N) is 3. The van der Waals surface area contributed by atoms with E-state index in [0.717, 1.165) is 17.4 Å². The van der Waals surface area contributed by atoms with E-state index in [4.69, 9.17) is 9.26 Å². The molecule has 1 aliphatic rings. The van der Waals surface area contributed by atoms with E-state index in [1.807, 2.05) is 31.2 Å². The Balaban J connectivity index is 1.45. The molecule has 1 atom stereocenters. The largest absolute Gasteiger partial charge is 0.494 e. The summed E-state index contributed by atoms with van der Waals surface area (Å²) in [6, 6.07) is 10.6. The van der Waals surface area contributed by atoms with Crippen LogP contribution in [0.4, 0.5) is 8.78 Å². The first-order valence-electron chi connectivity index (χ1n) is 9.31. The molecule has 2 heterocycles. The Labute approximate surface area is 166 Å². The highest BCUT2D eigenvalue weighted by Gasteiger charge is 2.34. The van der Waals surface area contributed by atoms with E-state index in [0.29, 0.717) is 30.4 Å². The van der Waals surface area contributed by atoms with Crippen molar-refractivity contribution < 1.29 is 22.8 Å². The van der Waals surface area contributed by atoms with E-state index in [1.54, 1.807) is 4.90 Å². The maximum atomic E-state index is 13.4. The van der Waals surface area contributed by atoms with Crippen molar-refractivity contribution in [3.63, 3.8) is 0 Å². The quantitative estimate of drug-likeness (QED) is 0.628. The number of aromatic nitrogens is 2. The molecule has 29 heavy (non-hydrogen) atoms. The SMILES string of the molecule is CCOc1ccc(-c2noc(C3CC(=O)N(Cc4cc(F)cc(F)c4)C3)n2)cc1. The van der Waals surface area contributed by atoms with Crippen LogP contribution in [-0.2, 0) is 11.3 Å². The van der Waals surface area contributed by atoms with Crippen LogP contribution in [0, 0.1) is 11.6 Å². The fourth-order valence-electron chi connectivity index (χ4n) is 3.40. The third-order valence-electron chi connectivity index (χ3n) is 4.72. The van der Waals surface area contributed by atoms with Gasteiger partial charge in [-0.15, -0.1) is 0 Å². The molecule has 4 rings (SSSR count). The van der Waals surface area contributed by atoms with Crippen LogP contribution in [0.3, 0.4) is 0 Å². The van der Waals surface area contributed by atoms with Gasteiger partial charge in [-0.2, -0.15) is 4.98 Å². The van der Waals surface area contributed by atoms with Gasteiger partial charge in [-0.1, -0.05) is 5.16 Å². The van der Waals surface area contributed by atoms with Crippen LogP contribution in [0.2, 0.25) is 0 Å². The summed E-state index contributed by atoms with van der Waals surface area (Å²) in [5, 5.41) is 4.01. The van der Waals surface area contributed by atoms with Gasteiger partial charge < -0.3 is 14.2 Å². The zero-order chi connectivity index (χ0) is 20.4. The molecule has 0 saturated carbocycles. The van der Waals surface area contributed by atoms with Gasteiger partial charge in [0, 0.05) is 31.1 Å². The van der Waals surface area contributed by atoms with Gasteiger partial charge in [0.05, 0.1) is 12.5 Å². The van der Waals surface area contributed by atoms with Gasteiger partial charge in [-0.3, -0.25) is 4.79 Å². The van der Waals surface area contributed by atoms with Crippen LogP contribution in [0.1, 0.15) is 30.7 Å². The molecule has 1 fully saturated rings. The molecule has 6 nitrogen and oxygen atoms in total. The third kappa shape index (κ3) is 4.26. The van der Waals surface area contributed by atoms with Gasteiger partial charge >= 0.3 is 0 Å². The van der Waals surface area contributed by atoms with Crippen molar-refractivity contribution in [1.82, 2.24) is 15.0 Å². The summed E-state index contributed by atoms with van der Waals surface area (Å²) >= 11 is 0. The van der Waals surface area contributed by atoms with Crippen LogP contribution in [-0.4, -0.2) is 34.1 Å². The maximum Gasteiger partial charge on any atom is 0.232 e. The second kappa shape index (κ2) is 7.98. The number of ether oxygens (including phenoxy) is 1. The first-order valence-corrected chi connectivity index (χ1v) is 9.31. The van der Waals surface area contributed by atoms with Crippen molar-refractivity contribution in [3.8, 4) is 17.1 Å². The molecular formula is C21H19F2N3O3. The van der Waals surface area contributed by atoms with E-state index in [9.17, 15) is 13.6 Å². The number of rotatable bonds is 6. The van der Waals surface area contributed by atoms with Gasteiger partial charge in [0.25, 0.3) is 0 Å². The van der Waals surface area contributed by atoms with Gasteiger partial charge in [-0.25, -0.2) is 8.78 Å². The average molecular weight is 399 g/mol. The Kier molecular flexibility index (Phi) is 5.24. The average Bonchev–Trinajstić information content (AvgIpc) is 3.29. The number of halogens is 2. The fourth-order valence-corrected chi connectivity index (χ4v) is 3.40. The van der Waals surface area contributed by atoms with Crippen LogP contribution in [0.5, 0.6) is 5.75 Å². The molecule has 1 amide bonds.